The normalized spacial score (nSPS) is 12.1. The zero-order valence-corrected chi connectivity index (χ0v) is 7.17. The maximum absolute atomic E-state index is 9.49. The van der Waals surface area contributed by atoms with Gasteiger partial charge in [-0.15, -0.1) is 5.11 Å². The van der Waals surface area contributed by atoms with E-state index < -0.39 is 6.09 Å². The highest BCUT2D eigenvalue weighted by molar-refractivity contribution is 5.64. The summed E-state index contributed by atoms with van der Waals surface area (Å²) in [5.41, 5.74) is 0. The highest BCUT2D eigenvalue weighted by Crippen LogP contribution is 1.89. The molecule has 6 nitrogen and oxygen atoms in total. The van der Waals surface area contributed by atoms with Crippen molar-refractivity contribution in [2.45, 2.75) is 6.92 Å². The van der Waals surface area contributed by atoms with Crippen molar-refractivity contribution in [1.29, 1.82) is 0 Å². The van der Waals surface area contributed by atoms with Gasteiger partial charge in [0.05, 0.1) is 6.20 Å². The van der Waals surface area contributed by atoms with E-state index in [0.29, 0.717) is 6.54 Å². The number of rotatable bonds is 1. The number of carbonyl (C=O) groups is 1. The van der Waals surface area contributed by atoms with E-state index >= 15 is 0 Å². The lowest BCUT2D eigenvalue weighted by Crippen LogP contribution is -2.19. The number of amides is 1. The summed E-state index contributed by atoms with van der Waals surface area (Å²) in [6.07, 6.45) is 5.48. The van der Waals surface area contributed by atoms with Crippen LogP contribution in [0.5, 0.6) is 0 Å². The number of nitrogens with one attached hydrogen (secondary N) is 1. The number of hydrogen-bond acceptors (Lipinski definition) is 4. The van der Waals surface area contributed by atoms with Gasteiger partial charge in [0.1, 0.15) is 6.26 Å². The fourth-order valence-corrected chi connectivity index (χ4v) is 0.402. The van der Waals surface area contributed by atoms with Gasteiger partial charge in [0.25, 0.3) is 0 Å². The van der Waals surface area contributed by atoms with E-state index in [4.69, 9.17) is 5.11 Å². The van der Waals surface area contributed by atoms with Crippen LogP contribution >= 0.6 is 0 Å². The molecule has 72 valence electrons. The number of nitrogens with zero attached hydrogens (tertiary/aromatic N) is 2. The van der Waals surface area contributed by atoms with Gasteiger partial charge in [0, 0.05) is 11.8 Å². The van der Waals surface area contributed by atoms with Crippen molar-refractivity contribution in [3.05, 3.63) is 24.6 Å². The van der Waals surface area contributed by atoms with E-state index in [1.807, 2.05) is 0 Å². The summed E-state index contributed by atoms with van der Waals surface area (Å²) in [5.74, 6) is 0. The molecule has 0 aromatic heterocycles. The molecule has 0 radical (unpaired) electrons. The van der Waals surface area contributed by atoms with Gasteiger partial charge in [0.15, 0.2) is 0 Å². The van der Waals surface area contributed by atoms with Crippen LogP contribution in [0.1, 0.15) is 6.92 Å². The third kappa shape index (κ3) is 10.2. The maximum atomic E-state index is 9.49. The van der Waals surface area contributed by atoms with E-state index in [2.05, 4.69) is 20.5 Å². The van der Waals surface area contributed by atoms with Crippen LogP contribution in [0, 0.1) is 0 Å². The molecule has 1 rings (SSSR count). The number of carboxylic acid groups (broad SMARTS) is 1. The SMILES string of the molecule is C1=CN=NOC=C1.CCNC(=O)O. The van der Waals surface area contributed by atoms with Gasteiger partial charge in [-0.05, 0) is 19.1 Å². The number of hydrogen-bond donors (Lipinski definition) is 2. The second-order valence-corrected chi connectivity index (χ2v) is 1.81. The first-order valence-electron chi connectivity index (χ1n) is 3.61. The van der Waals surface area contributed by atoms with E-state index in [1.54, 1.807) is 25.3 Å². The standard InChI is InChI=1S/C4H4N2O.C3H7NO2/c1-2-4-7-6-5-3-1;1-2-4-3(5)6/h1-4H;4H,2H2,1H3,(H,5,6). The molecule has 1 aliphatic heterocycles. The molecule has 1 heterocycles. The van der Waals surface area contributed by atoms with Gasteiger partial charge < -0.3 is 15.3 Å². The van der Waals surface area contributed by atoms with Crippen LogP contribution in [-0.2, 0) is 4.84 Å². The van der Waals surface area contributed by atoms with Gasteiger partial charge in [-0.25, -0.2) is 4.79 Å². The van der Waals surface area contributed by atoms with Crippen molar-refractivity contribution in [2.75, 3.05) is 6.54 Å². The molecule has 6 heteroatoms. The molecule has 0 aromatic rings. The average Bonchev–Trinajstić information content (AvgIpc) is 2.35. The van der Waals surface area contributed by atoms with Crippen LogP contribution in [-0.4, -0.2) is 17.7 Å². The average molecular weight is 185 g/mol. The quantitative estimate of drug-likeness (QED) is 0.651. The van der Waals surface area contributed by atoms with Crippen molar-refractivity contribution >= 4 is 6.09 Å². The fourth-order valence-electron chi connectivity index (χ4n) is 0.402. The minimum Gasteiger partial charge on any atom is -0.465 e. The predicted molar refractivity (Wildman–Crippen MR) is 45.9 cm³/mol. The Morgan fingerprint density at radius 3 is 2.92 bits per heavy atom. The lowest BCUT2D eigenvalue weighted by atomic mass is 10.6. The molecule has 0 saturated carbocycles. The van der Waals surface area contributed by atoms with Crippen LogP contribution in [0.3, 0.4) is 0 Å². The molecule has 13 heavy (non-hydrogen) atoms. The first-order chi connectivity index (χ1) is 6.27. The summed E-state index contributed by atoms with van der Waals surface area (Å²) in [6.45, 7) is 2.21. The highest BCUT2D eigenvalue weighted by atomic mass is 16.6. The summed E-state index contributed by atoms with van der Waals surface area (Å²) >= 11 is 0. The fraction of sp³-hybridized carbons (Fsp3) is 0.286. The van der Waals surface area contributed by atoms with Crippen LogP contribution in [0.4, 0.5) is 4.79 Å². The molecule has 0 unspecified atom stereocenters. The summed E-state index contributed by atoms with van der Waals surface area (Å²) < 4.78 is 0. The summed E-state index contributed by atoms with van der Waals surface area (Å²) in [4.78, 5) is 13.9. The number of allylic oxidation sites excluding steroid dienone is 2. The van der Waals surface area contributed by atoms with Crippen molar-refractivity contribution in [2.24, 2.45) is 10.4 Å². The Morgan fingerprint density at radius 1 is 1.62 bits per heavy atom. The first-order valence-corrected chi connectivity index (χ1v) is 3.61. The van der Waals surface area contributed by atoms with Gasteiger partial charge in [-0.1, -0.05) is 0 Å². The maximum Gasteiger partial charge on any atom is 0.404 e. The molecule has 0 spiro atoms. The van der Waals surface area contributed by atoms with Gasteiger partial charge in [-0.3, -0.25) is 0 Å². The third-order valence-electron chi connectivity index (χ3n) is 0.826. The molecule has 0 saturated heterocycles. The minimum absolute atomic E-state index is 0.481. The molecule has 2 N–H and O–H groups in total. The molecule has 1 aliphatic rings. The van der Waals surface area contributed by atoms with Crippen molar-refractivity contribution in [3.8, 4) is 0 Å². The van der Waals surface area contributed by atoms with Crippen molar-refractivity contribution < 1.29 is 14.7 Å². The van der Waals surface area contributed by atoms with E-state index in [1.165, 1.54) is 6.26 Å². The Kier molecular flexibility index (Phi) is 7.07. The lowest BCUT2D eigenvalue weighted by molar-refractivity contribution is 0.195. The first kappa shape index (κ1) is 11.2. The molecule has 0 atom stereocenters. The Bertz CT molecular complexity index is 209. The Labute approximate surface area is 75.6 Å². The summed E-state index contributed by atoms with van der Waals surface area (Å²) in [7, 11) is 0. The second-order valence-electron chi connectivity index (χ2n) is 1.81. The second kappa shape index (κ2) is 8.25. The largest absolute Gasteiger partial charge is 0.465 e. The Hall–Kier alpha value is -1.85. The molecule has 0 fully saturated rings. The molecule has 0 aromatic carbocycles. The van der Waals surface area contributed by atoms with Crippen LogP contribution in [0.2, 0.25) is 0 Å². The van der Waals surface area contributed by atoms with Crippen molar-refractivity contribution in [1.82, 2.24) is 5.32 Å². The summed E-state index contributed by atoms with van der Waals surface area (Å²) in [5, 5.41) is 16.6. The zero-order chi connectivity index (χ0) is 9.94. The monoisotopic (exact) mass is 185 g/mol. The van der Waals surface area contributed by atoms with Gasteiger partial charge >= 0.3 is 6.09 Å². The predicted octanol–water partition coefficient (Wildman–Crippen LogP) is 1.69. The van der Waals surface area contributed by atoms with Crippen LogP contribution in [0.25, 0.3) is 0 Å². The zero-order valence-electron chi connectivity index (χ0n) is 7.17. The van der Waals surface area contributed by atoms with Crippen molar-refractivity contribution in [3.63, 3.8) is 0 Å². The molecular formula is C7H11N3O3. The highest BCUT2D eigenvalue weighted by Gasteiger charge is 1.83. The van der Waals surface area contributed by atoms with E-state index in [9.17, 15) is 4.79 Å². The minimum atomic E-state index is -0.961. The lowest BCUT2D eigenvalue weighted by Gasteiger charge is -1.87. The van der Waals surface area contributed by atoms with Gasteiger partial charge in [-0.2, -0.15) is 0 Å². The molecular weight excluding hydrogens is 174 g/mol. The van der Waals surface area contributed by atoms with Gasteiger partial charge in [0.2, 0.25) is 0 Å². The summed E-state index contributed by atoms with van der Waals surface area (Å²) in [6, 6.07) is 0. The molecule has 0 aliphatic carbocycles. The van der Waals surface area contributed by atoms with Crippen LogP contribution < -0.4 is 5.32 Å². The van der Waals surface area contributed by atoms with Crippen LogP contribution in [0.15, 0.2) is 35.0 Å². The van der Waals surface area contributed by atoms with E-state index in [-0.39, 0.29) is 0 Å². The molecule has 0 bridgehead atoms. The molecule has 1 amide bonds. The smallest absolute Gasteiger partial charge is 0.404 e. The third-order valence-corrected chi connectivity index (χ3v) is 0.826. The topological polar surface area (TPSA) is 83.3 Å². The Morgan fingerprint density at radius 2 is 2.38 bits per heavy atom. The van der Waals surface area contributed by atoms with E-state index in [0.717, 1.165) is 0 Å². The Balaban J connectivity index is 0.000000226.